The summed E-state index contributed by atoms with van der Waals surface area (Å²) in [6.07, 6.45) is -4.69. The molecule has 0 aromatic rings. The molecule has 0 bridgehead atoms. The summed E-state index contributed by atoms with van der Waals surface area (Å²) < 4.78 is 39.5. The molecule has 1 unspecified atom stereocenters. The van der Waals surface area contributed by atoms with E-state index in [-0.39, 0.29) is 12.6 Å². The molecule has 7 heteroatoms. The van der Waals surface area contributed by atoms with Crippen molar-refractivity contribution >= 4 is 6.09 Å². The summed E-state index contributed by atoms with van der Waals surface area (Å²) in [5, 5.41) is 2.34. The van der Waals surface area contributed by atoms with Crippen LogP contribution in [0, 0.1) is 5.92 Å². The molecule has 1 atom stereocenters. The highest BCUT2D eigenvalue weighted by molar-refractivity contribution is 5.67. The van der Waals surface area contributed by atoms with Crippen molar-refractivity contribution < 1.29 is 22.7 Å². The van der Waals surface area contributed by atoms with Crippen molar-refractivity contribution in [3.8, 4) is 0 Å². The molecule has 0 aromatic heterocycles. The van der Waals surface area contributed by atoms with Crippen LogP contribution >= 0.6 is 0 Å². The molecule has 0 spiro atoms. The Balaban J connectivity index is 4.00. The Kier molecular flexibility index (Phi) is 7.05. The lowest BCUT2D eigenvalue weighted by atomic mass is 10.0. The lowest BCUT2D eigenvalue weighted by Crippen LogP contribution is -2.41. The highest BCUT2D eigenvalue weighted by Gasteiger charge is 2.29. The molecule has 0 aliphatic rings. The van der Waals surface area contributed by atoms with E-state index in [1.165, 1.54) is 0 Å². The van der Waals surface area contributed by atoms with Crippen LogP contribution in [0.2, 0.25) is 0 Å². The van der Waals surface area contributed by atoms with Gasteiger partial charge in [-0.05, 0) is 26.4 Å². The molecule has 0 saturated carbocycles. The third kappa shape index (κ3) is 9.09. The molecule has 0 heterocycles. The average Bonchev–Trinajstić information content (AvgIpc) is 2.19. The third-order valence-electron chi connectivity index (χ3n) is 2.32. The van der Waals surface area contributed by atoms with Gasteiger partial charge in [0.2, 0.25) is 0 Å². The van der Waals surface area contributed by atoms with E-state index in [9.17, 15) is 18.0 Å². The number of alkyl halides is 3. The quantitative estimate of drug-likeness (QED) is 0.805. The summed E-state index contributed by atoms with van der Waals surface area (Å²) in [5.41, 5.74) is 0. The maximum absolute atomic E-state index is 11.8. The number of ether oxygens (including phenoxy) is 1. The Hall–Kier alpha value is -0.980. The van der Waals surface area contributed by atoms with Crippen molar-refractivity contribution in [2.75, 3.05) is 27.2 Å². The Morgan fingerprint density at radius 2 is 1.89 bits per heavy atom. The van der Waals surface area contributed by atoms with E-state index >= 15 is 0 Å². The molecule has 18 heavy (non-hydrogen) atoms. The van der Waals surface area contributed by atoms with Crippen molar-refractivity contribution in [1.29, 1.82) is 0 Å². The van der Waals surface area contributed by atoms with Crippen molar-refractivity contribution in [2.24, 2.45) is 5.92 Å². The lowest BCUT2D eigenvalue weighted by Gasteiger charge is -2.26. The van der Waals surface area contributed by atoms with Crippen LogP contribution in [-0.2, 0) is 4.74 Å². The number of hydrogen-bond donors (Lipinski definition) is 1. The number of hydrogen-bond acceptors (Lipinski definition) is 3. The van der Waals surface area contributed by atoms with Gasteiger partial charge >= 0.3 is 12.3 Å². The average molecular weight is 270 g/mol. The van der Waals surface area contributed by atoms with Gasteiger partial charge in [-0.15, -0.1) is 0 Å². The number of carbonyl (C=O) groups excluding carboxylic acids is 1. The summed E-state index contributed by atoms with van der Waals surface area (Å²) in [7, 11) is 3.71. The minimum atomic E-state index is -4.49. The van der Waals surface area contributed by atoms with Gasteiger partial charge in [0.1, 0.15) is 0 Å². The van der Waals surface area contributed by atoms with Crippen LogP contribution in [-0.4, -0.2) is 50.5 Å². The Bertz CT molecular complexity index is 255. The fourth-order valence-electron chi connectivity index (χ4n) is 1.42. The normalized spacial score (nSPS) is 13.8. The number of nitrogens with zero attached hydrogens (tertiary/aromatic N) is 1. The van der Waals surface area contributed by atoms with Crippen LogP contribution in [0.5, 0.6) is 0 Å². The van der Waals surface area contributed by atoms with E-state index in [1.54, 1.807) is 0 Å². The van der Waals surface area contributed by atoms with Crippen LogP contribution in [0.4, 0.5) is 18.0 Å². The first-order valence-electron chi connectivity index (χ1n) is 5.75. The number of rotatable bonds is 6. The predicted octanol–water partition coefficient (Wildman–Crippen LogP) is 2.25. The lowest BCUT2D eigenvalue weighted by molar-refractivity contribution is -0.160. The van der Waals surface area contributed by atoms with Gasteiger partial charge in [-0.25, -0.2) is 4.79 Å². The molecule has 0 aliphatic heterocycles. The summed E-state index contributed by atoms with van der Waals surface area (Å²) in [6.45, 7) is 2.79. The molecule has 0 saturated heterocycles. The second kappa shape index (κ2) is 7.45. The highest BCUT2D eigenvalue weighted by Crippen LogP contribution is 2.14. The van der Waals surface area contributed by atoms with E-state index in [4.69, 9.17) is 0 Å². The van der Waals surface area contributed by atoms with E-state index < -0.39 is 18.9 Å². The van der Waals surface area contributed by atoms with E-state index in [0.717, 1.165) is 6.42 Å². The SMILES string of the molecule is CC(C)CC(CNC(=O)OCC(F)(F)F)N(C)C. The minimum Gasteiger partial charge on any atom is -0.440 e. The maximum Gasteiger partial charge on any atom is 0.422 e. The van der Waals surface area contributed by atoms with Gasteiger partial charge in [0.05, 0.1) is 0 Å². The molecule has 1 N–H and O–H groups in total. The second-order valence-corrected chi connectivity index (χ2v) is 4.82. The first-order valence-corrected chi connectivity index (χ1v) is 5.75. The third-order valence-corrected chi connectivity index (χ3v) is 2.32. The predicted molar refractivity (Wildman–Crippen MR) is 62.3 cm³/mol. The van der Waals surface area contributed by atoms with Crippen LogP contribution in [0.25, 0.3) is 0 Å². The number of nitrogens with one attached hydrogen (secondary N) is 1. The number of likely N-dealkylation sites (N-methyl/N-ethyl adjacent to an activating group) is 1. The van der Waals surface area contributed by atoms with Crippen molar-refractivity contribution in [1.82, 2.24) is 10.2 Å². The van der Waals surface area contributed by atoms with Gasteiger partial charge < -0.3 is 15.0 Å². The van der Waals surface area contributed by atoms with E-state index in [0.29, 0.717) is 5.92 Å². The van der Waals surface area contributed by atoms with Crippen LogP contribution in [0.3, 0.4) is 0 Å². The molecule has 0 rings (SSSR count). The number of halogens is 3. The number of carbonyl (C=O) groups is 1. The molecule has 0 aliphatic carbocycles. The number of amides is 1. The zero-order valence-corrected chi connectivity index (χ0v) is 11.2. The zero-order chi connectivity index (χ0) is 14.3. The van der Waals surface area contributed by atoms with Gasteiger partial charge in [-0.1, -0.05) is 13.8 Å². The summed E-state index contributed by atoms with van der Waals surface area (Å²) in [5.74, 6) is 0.436. The van der Waals surface area contributed by atoms with Gasteiger partial charge in [-0.3, -0.25) is 0 Å². The van der Waals surface area contributed by atoms with Gasteiger partial charge in [0.25, 0.3) is 0 Å². The Labute approximate surface area is 105 Å². The van der Waals surface area contributed by atoms with Gasteiger partial charge in [0.15, 0.2) is 6.61 Å². The molecule has 1 amide bonds. The standard InChI is InChI=1S/C11H21F3N2O2/c1-8(2)5-9(16(3)4)6-15-10(17)18-7-11(12,13)14/h8-9H,5-7H2,1-4H3,(H,15,17). The molecular weight excluding hydrogens is 249 g/mol. The second-order valence-electron chi connectivity index (χ2n) is 4.82. The first-order chi connectivity index (χ1) is 8.11. The first kappa shape index (κ1) is 17.0. The molecule has 0 fully saturated rings. The fraction of sp³-hybridized carbons (Fsp3) is 0.909. The van der Waals surface area contributed by atoms with Gasteiger partial charge in [-0.2, -0.15) is 13.2 Å². The van der Waals surface area contributed by atoms with Crippen molar-refractivity contribution in [3.05, 3.63) is 0 Å². The van der Waals surface area contributed by atoms with Crippen LogP contribution in [0.1, 0.15) is 20.3 Å². The maximum atomic E-state index is 11.8. The monoisotopic (exact) mass is 270 g/mol. The van der Waals surface area contributed by atoms with Gasteiger partial charge in [0, 0.05) is 12.6 Å². The van der Waals surface area contributed by atoms with Crippen LogP contribution in [0.15, 0.2) is 0 Å². The molecule has 0 radical (unpaired) electrons. The largest absolute Gasteiger partial charge is 0.440 e. The Morgan fingerprint density at radius 3 is 2.28 bits per heavy atom. The zero-order valence-electron chi connectivity index (χ0n) is 11.2. The minimum absolute atomic E-state index is 0.0726. The molecular formula is C11H21F3N2O2. The molecule has 108 valence electrons. The molecule has 4 nitrogen and oxygen atoms in total. The van der Waals surface area contributed by atoms with E-state index in [2.05, 4.69) is 10.1 Å². The van der Waals surface area contributed by atoms with Crippen molar-refractivity contribution in [2.45, 2.75) is 32.5 Å². The summed E-state index contributed by atoms with van der Waals surface area (Å²) >= 11 is 0. The highest BCUT2D eigenvalue weighted by atomic mass is 19.4. The fourth-order valence-corrected chi connectivity index (χ4v) is 1.42. The van der Waals surface area contributed by atoms with Crippen molar-refractivity contribution in [3.63, 3.8) is 0 Å². The van der Waals surface area contributed by atoms with E-state index in [1.807, 2.05) is 32.8 Å². The summed E-state index contributed by atoms with van der Waals surface area (Å²) in [6, 6.07) is 0.0726. The number of alkyl carbamates (subject to hydrolysis) is 1. The Morgan fingerprint density at radius 1 is 1.33 bits per heavy atom. The summed E-state index contributed by atoms with van der Waals surface area (Å²) in [4.78, 5) is 13.0. The smallest absolute Gasteiger partial charge is 0.422 e. The molecule has 0 aromatic carbocycles. The topological polar surface area (TPSA) is 41.6 Å². The van der Waals surface area contributed by atoms with Crippen LogP contribution < -0.4 is 5.32 Å².